The Hall–Kier alpha value is -1.30. The zero-order chi connectivity index (χ0) is 15.9. The molecule has 0 heterocycles. The van der Waals surface area contributed by atoms with Gasteiger partial charge in [-0.15, -0.1) is 0 Å². The molecule has 0 aromatic carbocycles. The molecule has 0 saturated heterocycles. The monoisotopic (exact) mass is 303 g/mol. The highest BCUT2D eigenvalue weighted by Crippen LogP contribution is 2.05. The molecule has 0 atom stereocenters. The standard InChI is InChI=1S/C15H29NO5/c1-4-5-6-7-8-9-10-20-14(17)13-16(2)15(18)21-12-11-19-3/h4-13H2,1-3H3. The molecule has 21 heavy (non-hydrogen) atoms. The molecular formula is C15H29NO5. The van der Waals surface area contributed by atoms with Crippen LogP contribution in [0.3, 0.4) is 0 Å². The summed E-state index contributed by atoms with van der Waals surface area (Å²) in [6, 6.07) is 0. The second kappa shape index (κ2) is 13.7. The van der Waals surface area contributed by atoms with Gasteiger partial charge in [-0.25, -0.2) is 4.79 Å². The van der Waals surface area contributed by atoms with Crippen LogP contribution >= 0.6 is 0 Å². The number of methoxy groups -OCH3 is 1. The summed E-state index contributed by atoms with van der Waals surface area (Å²) in [5.74, 6) is -0.408. The molecule has 0 radical (unpaired) electrons. The first kappa shape index (κ1) is 19.7. The molecule has 0 unspecified atom stereocenters. The lowest BCUT2D eigenvalue weighted by Gasteiger charge is -2.16. The molecule has 0 rings (SSSR count). The second-order valence-corrected chi connectivity index (χ2v) is 4.95. The van der Waals surface area contributed by atoms with Crippen LogP contribution < -0.4 is 0 Å². The topological polar surface area (TPSA) is 65.1 Å². The van der Waals surface area contributed by atoms with Gasteiger partial charge in [0, 0.05) is 14.2 Å². The summed E-state index contributed by atoms with van der Waals surface area (Å²) in [6.45, 7) is 3.01. The number of amides is 1. The van der Waals surface area contributed by atoms with Gasteiger partial charge in [0.05, 0.1) is 13.2 Å². The highest BCUT2D eigenvalue weighted by molar-refractivity contribution is 5.77. The first-order chi connectivity index (χ1) is 10.1. The normalized spacial score (nSPS) is 10.2. The third-order valence-corrected chi connectivity index (χ3v) is 2.95. The van der Waals surface area contributed by atoms with Crippen LogP contribution in [-0.4, -0.2) is 57.5 Å². The Balaban J connectivity index is 3.57. The minimum absolute atomic E-state index is 0.0956. The third-order valence-electron chi connectivity index (χ3n) is 2.95. The van der Waals surface area contributed by atoms with Crippen LogP contribution in [0.25, 0.3) is 0 Å². The van der Waals surface area contributed by atoms with E-state index in [-0.39, 0.29) is 13.2 Å². The number of unbranched alkanes of at least 4 members (excludes halogenated alkanes) is 5. The van der Waals surface area contributed by atoms with E-state index in [0.717, 1.165) is 12.8 Å². The van der Waals surface area contributed by atoms with Crippen molar-refractivity contribution in [3.63, 3.8) is 0 Å². The van der Waals surface area contributed by atoms with Crippen molar-refractivity contribution < 1.29 is 23.8 Å². The molecule has 0 aromatic rings. The van der Waals surface area contributed by atoms with E-state index in [1.54, 1.807) is 0 Å². The van der Waals surface area contributed by atoms with E-state index in [4.69, 9.17) is 14.2 Å². The zero-order valence-electron chi connectivity index (χ0n) is 13.6. The summed E-state index contributed by atoms with van der Waals surface area (Å²) in [6.07, 6.45) is 6.29. The summed E-state index contributed by atoms with van der Waals surface area (Å²) in [5.41, 5.74) is 0. The highest BCUT2D eigenvalue weighted by Gasteiger charge is 2.14. The lowest BCUT2D eigenvalue weighted by atomic mass is 10.1. The van der Waals surface area contributed by atoms with Crippen LogP contribution in [-0.2, 0) is 19.0 Å². The average molecular weight is 303 g/mol. The van der Waals surface area contributed by atoms with Gasteiger partial charge in [-0.05, 0) is 6.42 Å². The summed E-state index contributed by atoms with van der Waals surface area (Å²) >= 11 is 0. The molecule has 0 spiro atoms. The Kier molecular flexibility index (Phi) is 12.8. The molecule has 0 aliphatic rings. The van der Waals surface area contributed by atoms with E-state index in [9.17, 15) is 9.59 Å². The smallest absolute Gasteiger partial charge is 0.410 e. The van der Waals surface area contributed by atoms with Crippen molar-refractivity contribution in [1.29, 1.82) is 0 Å². The number of hydrogen-bond acceptors (Lipinski definition) is 5. The summed E-state index contributed by atoms with van der Waals surface area (Å²) in [7, 11) is 3.03. The number of rotatable bonds is 12. The van der Waals surface area contributed by atoms with Gasteiger partial charge in [-0.2, -0.15) is 0 Å². The largest absolute Gasteiger partial charge is 0.464 e. The van der Waals surface area contributed by atoms with Crippen molar-refractivity contribution in [2.75, 3.05) is 40.5 Å². The van der Waals surface area contributed by atoms with Crippen LogP contribution in [0.15, 0.2) is 0 Å². The van der Waals surface area contributed by atoms with Gasteiger partial charge in [0.15, 0.2) is 0 Å². The van der Waals surface area contributed by atoms with Crippen LogP contribution in [0.5, 0.6) is 0 Å². The molecule has 0 bridgehead atoms. The number of hydrogen-bond donors (Lipinski definition) is 0. The molecule has 6 heteroatoms. The lowest BCUT2D eigenvalue weighted by Crippen LogP contribution is -2.34. The van der Waals surface area contributed by atoms with Crippen molar-refractivity contribution >= 4 is 12.1 Å². The average Bonchev–Trinajstić information content (AvgIpc) is 2.46. The third kappa shape index (κ3) is 12.2. The molecular weight excluding hydrogens is 274 g/mol. The maximum Gasteiger partial charge on any atom is 0.410 e. The fourth-order valence-corrected chi connectivity index (χ4v) is 1.69. The van der Waals surface area contributed by atoms with Crippen molar-refractivity contribution in [3.8, 4) is 0 Å². The number of carbonyl (C=O) groups is 2. The van der Waals surface area contributed by atoms with E-state index >= 15 is 0 Å². The molecule has 0 aliphatic carbocycles. The zero-order valence-corrected chi connectivity index (χ0v) is 13.6. The molecule has 0 saturated carbocycles. The van der Waals surface area contributed by atoms with E-state index in [2.05, 4.69) is 6.92 Å². The number of likely N-dealkylation sites (N-methyl/N-ethyl adjacent to an activating group) is 1. The quantitative estimate of drug-likeness (QED) is 0.409. The number of nitrogens with zero attached hydrogens (tertiary/aromatic N) is 1. The fraction of sp³-hybridized carbons (Fsp3) is 0.867. The molecule has 0 fully saturated rings. The van der Waals surface area contributed by atoms with Gasteiger partial charge >= 0.3 is 12.1 Å². The Labute approximate surface area is 127 Å². The number of esters is 1. The minimum atomic E-state index is -0.552. The van der Waals surface area contributed by atoms with Crippen molar-refractivity contribution in [2.45, 2.75) is 45.4 Å². The first-order valence-electron chi connectivity index (χ1n) is 7.64. The van der Waals surface area contributed by atoms with E-state index in [1.165, 1.54) is 44.7 Å². The van der Waals surface area contributed by atoms with E-state index in [1.807, 2.05) is 0 Å². The minimum Gasteiger partial charge on any atom is -0.464 e. The van der Waals surface area contributed by atoms with Crippen LogP contribution in [0.2, 0.25) is 0 Å². The van der Waals surface area contributed by atoms with Gasteiger partial charge in [0.2, 0.25) is 0 Å². The van der Waals surface area contributed by atoms with Gasteiger partial charge in [-0.1, -0.05) is 39.0 Å². The SMILES string of the molecule is CCCCCCCCOC(=O)CN(C)C(=O)OCCOC. The Bertz CT molecular complexity index is 283. The Morgan fingerprint density at radius 3 is 2.24 bits per heavy atom. The predicted molar refractivity (Wildman–Crippen MR) is 80.2 cm³/mol. The number of carbonyl (C=O) groups excluding carboxylic acids is 2. The highest BCUT2D eigenvalue weighted by atomic mass is 16.6. The maximum atomic E-state index is 11.5. The van der Waals surface area contributed by atoms with Crippen molar-refractivity contribution in [1.82, 2.24) is 4.90 Å². The van der Waals surface area contributed by atoms with Gasteiger partial charge in [0.1, 0.15) is 13.2 Å². The van der Waals surface area contributed by atoms with Crippen molar-refractivity contribution in [3.05, 3.63) is 0 Å². The molecule has 124 valence electrons. The molecule has 0 N–H and O–H groups in total. The maximum absolute atomic E-state index is 11.5. The molecule has 0 aromatic heterocycles. The van der Waals surface area contributed by atoms with Gasteiger partial charge in [-0.3, -0.25) is 4.79 Å². The van der Waals surface area contributed by atoms with Gasteiger partial charge in [0.25, 0.3) is 0 Å². The van der Waals surface area contributed by atoms with Gasteiger partial charge < -0.3 is 19.1 Å². The fourth-order valence-electron chi connectivity index (χ4n) is 1.69. The van der Waals surface area contributed by atoms with E-state index < -0.39 is 12.1 Å². The lowest BCUT2D eigenvalue weighted by molar-refractivity contribution is -0.144. The Morgan fingerprint density at radius 2 is 1.57 bits per heavy atom. The molecule has 0 aliphatic heterocycles. The summed E-state index contributed by atoms with van der Waals surface area (Å²) in [4.78, 5) is 24.2. The summed E-state index contributed by atoms with van der Waals surface area (Å²) in [5, 5.41) is 0. The number of ether oxygens (including phenoxy) is 3. The molecule has 6 nitrogen and oxygen atoms in total. The van der Waals surface area contributed by atoms with E-state index in [0.29, 0.717) is 13.2 Å². The van der Waals surface area contributed by atoms with Crippen LogP contribution in [0.1, 0.15) is 45.4 Å². The second-order valence-electron chi connectivity index (χ2n) is 4.95. The predicted octanol–water partition coefficient (Wildman–Crippen LogP) is 2.60. The Morgan fingerprint density at radius 1 is 0.905 bits per heavy atom. The summed E-state index contributed by atoms with van der Waals surface area (Å²) < 4.78 is 14.7. The van der Waals surface area contributed by atoms with Crippen LogP contribution in [0, 0.1) is 0 Å². The van der Waals surface area contributed by atoms with Crippen molar-refractivity contribution in [2.24, 2.45) is 0 Å². The molecule has 1 amide bonds. The first-order valence-corrected chi connectivity index (χ1v) is 7.64. The van der Waals surface area contributed by atoms with Crippen LogP contribution in [0.4, 0.5) is 4.79 Å².